The number of alkyl halides is 2. The third-order valence-electron chi connectivity index (χ3n) is 1.82. The molecule has 1 atom stereocenters. The molecule has 78 valence electrons. The zero-order chi connectivity index (χ0) is 10.6. The summed E-state index contributed by atoms with van der Waals surface area (Å²) in [5.74, 6) is 0.489. The maximum absolute atomic E-state index is 12.2. The van der Waals surface area contributed by atoms with Gasteiger partial charge >= 0.3 is 0 Å². The van der Waals surface area contributed by atoms with Crippen LogP contribution in [0.1, 0.15) is 5.69 Å². The first-order valence-electron chi connectivity index (χ1n) is 4.16. The highest BCUT2D eigenvalue weighted by Crippen LogP contribution is 2.17. The summed E-state index contributed by atoms with van der Waals surface area (Å²) in [5, 5.41) is 0. The number of nitrogens with zero attached hydrogens (tertiary/aromatic N) is 1. The predicted molar refractivity (Wildman–Crippen MR) is 48.5 cm³/mol. The molecule has 0 bridgehead atoms. The summed E-state index contributed by atoms with van der Waals surface area (Å²) in [6, 6.07) is 2.15. The molecule has 0 amide bonds. The van der Waals surface area contributed by atoms with Crippen LogP contribution in [0.2, 0.25) is 0 Å². The molecule has 2 N–H and O–H groups in total. The molecule has 1 heterocycles. The van der Waals surface area contributed by atoms with Crippen LogP contribution in [0, 0.1) is 0 Å². The third-order valence-corrected chi connectivity index (χ3v) is 1.82. The molecule has 3 nitrogen and oxygen atoms in total. The molecule has 1 aromatic rings. The molecule has 0 saturated heterocycles. The molecule has 1 aromatic heterocycles. The highest BCUT2D eigenvalue weighted by atomic mass is 19.3. The van der Waals surface area contributed by atoms with E-state index in [0.29, 0.717) is 11.4 Å². The van der Waals surface area contributed by atoms with E-state index in [1.54, 1.807) is 12.1 Å². The Morgan fingerprint density at radius 1 is 1.57 bits per heavy atom. The van der Waals surface area contributed by atoms with Crippen LogP contribution < -0.4 is 10.5 Å². The molecule has 0 spiro atoms. The van der Waals surface area contributed by atoms with E-state index in [4.69, 9.17) is 10.5 Å². The molecule has 0 aliphatic rings. The van der Waals surface area contributed by atoms with Crippen LogP contribution >= 0.6 is 0 Å². The van der Waals surface area contributed by atoms with E-state index < -0.39 is 12.5 Å². The van der Waals surface area contributed by atoms with Gasteiger partial charge in [0.25, 0.3) is 6.43 Å². The van der Waals surface area contributed by atoms with Crippen molar-refractivity contribution in [2.24, 2.45) is 5.73 Å². The van der Waals surface area contributed by atoms with Gasteiger partial charge < -0.3 is 10.5 Å². The summed E-state index contributed by atoms with van der Waals surface area (Å²) in [6.07, 6.45) is -1.00. The Morgan fingerprint density at radius 2 is 2.29 bits per heavy atom. The van der Waals surface area contributed by atoms with E-state index >= 15 is 0 Å². The van der Waals surface area contributed by atoms with E-state index in [1.807, 2.05) is 0 Å². The first-order valence-corrected chi connectivity index (χ1v) is 4.16. The van der Waals surface area contributed by atoms with E-state index in [-0.39, 0.29) is 6.42 Å². The van der Waals surface area contributed by atoms with Gasteiger partial charge in [0.05, 0.1) is 18.8 Å². The summed E-state index contributed by atoms with van der Waals surface area (Å²) in [6.45, 7) is 0. The van der Waals surface area contributed by atoms with Crippen molar-refractivity contribution >= 4 is 0 Å². The second kappa shape index (κ2) is 4.85. The number of ether oxygens (including phenoxy) is 1. The van der Waals surface area contributed by atoms with Gasteiger partial charge in [-0.2, -0.15) is 0 Å². The van der Waals surface area contributed by atoms with Crippen LogP contribution in [-0.2, 0) is 6.42 Å². The summed E-state index contributed by atoms with van der Waals surface area (Å²) >= 11 is 0. The van der Waals surface area contributed by atoms with Crippen molar-refractivity contribution in [3.05, 3.63) is 24.0 Å². The number of pyridine rings is 1. The standard InChI is InChI=1S/C9H12F2N2O/c1-14-8-3-2-4-13-7(8)5-6(12)9(10)11/h2-4,6,9H,5,12H2,1H3. The van der Waals surface area contributed by atoms with Gasteiger partial charge in [-0.1, -0.05) is 0 Å². The Morgan fingerprint density at radius 3 is 2.86 bits per heavy atom. The van der Waals surface area contributed by atoms with E-state index in [9.17, 15) is 8.78 Å². The Kier molecular flexibility index (Phi) is 3.76. The number of methoxy groups -OCH3 is 1. The van der Waals surface area contributed by atoms with Crippen LogP contribution in [0.25, 0.3) is 0 Å². The second-order valence-electron chi connectivity index (χ2n) is 2.85. The minimum atomic E-state index is -2.54. The smallest absolute Gasteiger partial charge is 0.253 e. The maximum Gasteiger partial charge on any atom is 0.253 e. The number of hydrogen-bond acceptors (Lipinski definition) is 3. The molecule has 5 heteroatoms. The van der Waals surface area contributed by atoms with Crippen molar-refractivity contribution < 1.29 is 13.5 Å². The molecule has 0 saturated carbocycles. The van der Waals surface area contributed by atoms with E-state index in [1.165, 1.54) is 13.3 Å². The summed E-state index contributed by atoms with van der Waals surface area (Å²) in [7, 11) is 1.47. The first kappa shape index (κ1) is 10.8. The molecule has 14 heavy (non-hydrogen) atoms. The first-order chi connectivity index (χ1) is 6.65. The second-order valence-corrected chi connectivity index (χ2v) is 2.85. The summed E-state index contributed by atoms with van der Waals surface area (Å²) in [5.41, 5.74) is 5.69. The fraction of sp³-hybridized carbons (Fsp3) is 0.444. The fourth-order valence-corrected chi connectivity index (χ4v) is 1.07. The zero-order valence-corrected chi connectivity index (χ0v) is 7.78. The minimum absolute atomic E-state index is 0.0156. The lowest BCUT2D eigenvalue weighted by molar-refractivity contribution is 0.115. The topological polar surface area (TPSA) is 48.1 Å². The van der Waals surface area contributed by atoms with Crippen molar-refractivity contribution in [2.45, 2.75) is 18.9 Å². The van der Waals surface area contributed by atoms with E-state index in [2.05, 4.69) is 4.98 Å². The average Bonchev–Trinajstić information content (AvgIpc) is 2.18. The highest BCUT2D eigenvalue weighted by molar-refractivity contribution is 5.27. The molecule has 1 rings (SSSR count). The van der Waals surface area contributed by atoms with Gasteiger partial charge in [0.15, 0.2) is 0 Å². The quantitative estimate of drug-likeness (QED) is 0.798. The molecular formula is C9H12F2N2O. The van der Waals surface area contributed by atoms with Crippen molar-refractivity contribution in [3.63, 3.8) is 0 Å². The van der Waals surface area contributed by atoms with Crippen molar-refractivity contribution in [3.8, 4) is 5.75 Å². The van der Waals surface area contributed by atoms with Gasteiger partial charge in [0.1, 0.15) is 5.75 Å². The Bertz CT molecular complexity index is 294. The van der Waals surface area contributed by atoms with Crippen molar-refractivity contribution in [1.82, 2.24) is 4.98 Å². The molecule has 0 aliphatic carbocycles. The maximum atomic E-state index is 12.2. The monoisotopic (exact) mass is 202 g/mol. The van der Waals surface area contributed by atoms with Gasteiger partial charge in [0, 0.05) is 12.6 Å². The largest absolute Gasteiger partial charge is 0.495 e. The lowest BCUT2D eigenvalue weighted by Crippen LogP contribution is -2.31. The summed E-state index contributed by atoms with van der Waals surface area (Å²) in [4.78, 5) is 3.93. The third kappa shape index (κ3) is 2.63. The lowest BCUT2D eigenvalue weighted by atomic mass is 10.1. The number of hydrogen-bond donors (Lipinski definition) is 1. The van der Waals surface area contributed by atoms with Crippen molar-refractivity contribution in [2.75, 3.05) is 7.11 Å². The average molecular weight is 202 g/mol. The fourth-order valence-electron chi connectivity index (χ4n) is 1.07. The van der Waals surface area contributed by atoms with Crippen LogP contribution in [0.15, 0.2) is 18.3 Å². The van der Waals surface area contributed by atoms with Crippen LogP contribution in [0.4, 0.5) is 8.78 Å². The Labute approximate surface area is 80.9 Å². The lowest BCUT2D eigenvalue weighted by Gasteiger charge is -2.11. The van der Waals surface area contributed by atoms with Gasteiger partial charge in [-0.15, -0.1) is 0 Å². The highest BCUT2D eigenvalue weighted by Gasteiger charge is 2.18. The summed E-state index contributed by atoms with van der Waals surface area (Å²) < 4.78 is 29.3. The Hall–Kier alpha value is -1.23. The van der Waals surface area contributed by atoms with Crippen molar-refractivity contribution in [1.29, 1.82) is 0 Å². The zero-order valence-electron chi connectivity index (χ0n) is 7.78. The number of rotatable bonds is 4. The van der Waals surface area contributed by atoms with Gasteiger partial charge in [-0.3, -0.25) is 4.98 Å². The number of nitrogens with two attached hydrogens (primary N) is 1. The van der Waals surface area contributed by atoms with Gasteiger partial charge in [-0.05, 0) is 12.1 Å². The SMILES string of the molecule is COc1cccnc1CC(N)C(F)F. The molecule has 0 radical (unpaired) electrons. The normalized spacial score (nSPS) is 12.9. The molecule has 0 aromatic carbocycles. The minimum Gasteiger partial charge on any atom is -0.495 e. The number of halogens is 2. The van der Waals surface area contributed by atoms with Crippen LogP contribution in [-0.4, -0.2) is 24.6 Å². The van der Waals surface area contributed by atoms with Gasteiger partial charge in [-0.25, -0.2) is 8.78 Å². The van der Waals surface area contributed by atoms with Crippen LogP contribution in [0.5, 0.6) is 5.75 Å². The van der Waals surface area contributed by atoms with Crippen LogP contribution in [0.3, 0.4) is 0 Å². The number of aromatic nitrogens is 1. The van der Waals surface area contributed by atoms with Gasteiger partial charge in [0.2, 0.25) is 0 Å². The molecule has 1 unspecified atom stereocenters. The van der Waals surface area contributed by atoms with E-state index in [0.717, 1.165) is 0 Å². The molecule has 0 aliphatic heterocycles. The molecule has 0 fully saturated rings. The molecular weight excluding hydrogens is 190 g/mol. The predicted octanol–water partition coefficient (Wildman–Crippen LogP) is 1.23. The Balaban J connectivity index is 2.75.